The molecule has 1 aromatic rings. The van der Waals surface area contributed by atoms with Crippen LogP contribution in [-0.2, 0) is 29.2 Å². The highest BCUT2D eigenvalue weighted by molar-refractivity contribution is 7.91. The molecule has 0 radical (unpaired) electrons. The molecule has 0 bridgehead atoms. The van der Waals surface area contributed by atoms with Crippen molar-refractivity contribution < 1.29 is 32.4 Å². The van der Waals surface area contributed by atoms with Crippen LogP contribution in [0.1, 0.15) is 99.3 Å². The van der Waals surface area contributed by atoms with Crippen LogP contribution in [0.15, 0.2) is 34.4 Å². The average Bonchev–Trinajstić information content (AvgIpc) is 3.56. The highest BCUT2D eigenvalue weighted by atomic mass is 32.2. The summed E-state index contributed by atoms with van der Waals surface area (Å²) in [5, 5.41) is 13.2. The number of nitrogens with zero attached hydrogens (tertiary/aromatic N) is 2. The summed E-state index contributed by atoms with van der Waals surface area (Å²) in [6.45, 7) is 16.0. The molecule has 3 aliphatic carbocycles. The van der Waals surface area contributed by atoms with Crippen LogP contribution in [0, 0.1) is 34.0 Å². The number of piperidine rings is 1. The van der Waals surface area contributed by atoms with E-state index in [2.05, 4.69) is 41.7 Å². The van der Waals surface area contributed by atoms with Crippen LogP contribution < -0.4 is 21.3 Å². The fourth-order valence-corrected chi connectivity index (χ4v) is 11.3. The van der Waals surface area contributed by atoms with E-state index in [0.29, 0.717) is 25.8 Å². The quantitative estimate of drug-likeness (QED) is 0.141. The third-order valence-electron chi connectivity index (χ3n) is 13.0. The van der Waals surface area contributed by atoms with Gasteiger partial charge in [0, 0.05) is 32.7 Å². The van der Waals surface area contributed by atoms with E-state index in [1.807, 2.05) is 27.7 Å². The van der Waals surface area contributed by atoms with Crippen molar-refractivity contribution in [1.29, 1.82) is 0 Å². The first-order valence-corrected chi connectivity index (χ1v) is 22.1. The van der Waals surface area contributed by atoms with Gasteiger partial charge < -0.3 is 26.2 Å². The molecule has 6 atom stereocenters. The molecule has 2 heterocycles. The van der Waals surface area contributed by atoms with E-state index < -0.39 is 68.6 Å². The normalized spacial score (nSPS) is 24.7. The zero-order valence-electron chi connectivity index (χ0n) is 33.6. The Morgan fingerprint density at radius 1 is 1.04 bits per heavy atom. The molecule has 0 aromatic carbocycles. The molecular formula is C40H62N6O7S2. The number of Topliss-reactive ketones (excluding diaryl/α,β-unsaturated/α-hetero) is 1. The van der Waals surface area contributed by atoms with E-state index in [-0.39, 0.29) is 46.4 Å². The Hall–Kier alpha value is -3.30. The standard InChI is InChI=1S/C40H62N6O7S2/c1-9-20-41-35(49)32(47)27(22-25-15-13-16-25)42-34(48)31-30-26(39(30,5)6)23-46(31)36(50)33(40(7)18-11-10-12-19-40)44-37(51)43-28(38(2,3)4)24-45(8)55(52,53)29-17-14-21-54-29/h9,14,17,21,25-28,30-31,33H,1,10-13,15-16,18-20,22-24H2,2-8H3,(H,41,49)(H,42,48)(H2,43,44,51)/t26-,27?,28+,30-,31-,33+/m0/s1. The van der Waals surface area contributed by atoms with Gasteiger partial charge in [-0.1, -0.05) is 92.2 Å². The van der Waals surface area contributed by atoms with Crippen LogP contribution in [0.4, 0.5) is 4.79 Å². The number of nitrogens with one attached hydrogen (secondary N) is 4. The third-order valence-corrected chi connectivity index (χ3v) is 16.2. The number of likely N-dealkylation sites (N-methyl/N-ethyl adjacent to an activating group) is 1. The molecule has 5 rings (SSSR count). The van der Waals surface area contributed by atoms with Crippen LogP contribution in [-0.4, -0.2) is 98.0 Å². The number of carbonyl (C=O) groups is 5. The molecule has 0 spiro atoms. The lowest BCUT2D eigenvalue weighted by molar-refractivity contribution is -0.146. The van der Waals surface area contributed by atoms with Crippen molar-refractivity contribution in [3.63, 3.8) is 0 Å². The van der Waals surface area contributed by atoms with Crippen molar-refractivity contribution in [1.82, 2.24) is 30.5 Å². The topological polar surface area (TPSA) is 174 Å². The molecule has 55 heavy (non-hydrogen) atoms. The SMILES string of the molecule is C=CCNC(=O)C(=O)C(CC1CCC1)NC(=O)[C@@H]1[C@@H]2[C@H](CN1C(=O)[C@@H](NC(=O)N[C@H](CN(C)S(=O)(=O)c1cccs1)C(C)(C)C)C1(C)CCCCC1)C2(C)C. The summed E-state index contributed by atoms with van der Waals surface area (Å²) >= 11 is 1.13. The molecule has 4 N–H and O–H groups in total. The molecule has 1 unspecified atom stereocenters. The number of urea groups is 1. The van der Waals surface area contributed by atoms with Gasteiger partial charge in [0.2, 0.25) is 17.6 Å². The number of amides is 5. The van der Waals surface area contributed by atoms with Crippen LogP contribution in [0.25, 0.3) is 0 Å². The maximum absolute atomic E-state index is 15.0. The molecule has 1 saturated heterocycles. The van der Waals surface area contributed by atoms with Crippen LogP contribution in [0.3, 0.4) is 0 Å². The second kappa shape index (κ2) is 16.7. The van der Waals surface area contributed by atoms with Crippen LogP contribution in [0.5, 0.6) is 0 Å². The summed E-state index contributed by atoms with van der Waals surface area (Å²) in [6.07, 6.45) is 8.92. The van der Waals surface area contributed by atoms with Crippen LogP contribution >= 0.6 is 11.3 Å². The van der Waals surface area contributed by atoms with Gasteiger partial charge in [0.15, 0.2) is 0 Å². The van der Waals surface area contributed by atoms with E-state index in [4.69, 9.17) is 0 Å². The highest BCUT2D eigenvalue weighted by Crippen LogP contribution is 2.65. The van der Waals surface area contributed by atoms with E-state index in [1.54, 1.807) is 22.4 Å². The fraction of sp³-hybridized carbons (Fsp3) is 0.725. The van der Waals surface area contributed by atoms with Crippen LogP contribution in [0.2, 0.25) is 0 Å². The van der Waals surface area contributed by atoms with Gasteiger partial charge in [0.1, 0.15) is 16.3 Å². The second-order valence-electron chi connectivity index (χ2n) is 18.2. The number of ketones is 1. The van der Waals surface area contributed by atoms with Gasteiger partial charge in [-0.2, -0.15) is 4.31 Å². The van der Waals surface area contributed by atoms with Gasteiger partial charge in [-0.05, 0) is 64.7 Å². The Kier molecular flexibility index (Phi) is 13.0. The fourth-order valence-electron chi connectivity index (χ4n) is 8.91. The van der Waals surface area contributed by atoms with Crippen molar-refractivity contribution in [2.24, 2.45) is 34.0 Å². The van der Waals surface area contributed by atoms with E-state index in [9.17, 15) is 32.4 Å². The van der Waals surface area contributed by atoms with Gasteiger partial charge in [0.25, 0.3) is 15.9 Å². The summed E-state index contributed by atoms with van der Waals surface area (Å²) in [7, 11) is -2.29. The molecule has 4 aliphatic rings. The van der Waals surface area contributed by atoms with E-state index in [0.717, 1.165) is 49.9 Å². The molecule has 4 fully saturated rings. The lowest BCUT2D eigenvalue weighted by Gasteiger charge is -2.43. The molecular weight excluding hydrogens is 741 g/mol. The van der Waals surface area contributed by atoms with Crippen molar-refractivity contribution in [3.05, 3.63) is 30.2 Å². The van der Waals surface area contributed by atoms with Gasteiger partial charge in [-0.3, -0.25) is 19.2 Å². The largest absolute Gasteiger partial charge is 0.346 e. The number of sulfonamides is 1. The maximum Gasteiger partial charge on any atom is 0.315 e. The van der Waals surface area contributed by atoms with Crippen molar-refractivity contribution in [2.75, 3.05) is 26.7 Å². The first kappa shape index (κ1) is 42.8. The zero-order chi connectivity index (χ0) is 40.5. The molecule has 5 amide bonds. The minimum atomic E-state index is -3.78. The van der Waals surface area contributed by atoms with Gasteiger partial charge in [0.05, 0.1) is 6.04 Å². The number of thiophene rings is 1. The molecule has 3 saturated carbocycles. The van der Waals surface area contributed by atoms with Crippen molar-refractivity contribution in [3.8, 4) is 0 Å². The Labute approximate surface area is 331 Å². The number of likely N-dealkylation sites (tertiary alicyclic amines) is 1. The Morgan fingerprint density at radius 3 is 2.27 bits per heavy atom. The summed E-state index contributed by atoms with van der Waals surface area (Å²) < 4.78 is 28.1. The second-order valence-corrected chi connectivity index (χ2v) is 21.5. The number of hydrogen-bond donors (Lipinski definition) is 4. The lowest BCUT2D eigenvalue weighted by Crippen LogP contribution is -2.63. The average molecular weight is 803 g/mol. The number of rotatable bonds is 16. The van der Waals surface area contributed by atoms with E-state index in [1.165, 1.54) is 17.4 Å². The minimum Gasteiger partial charge on any atom is -0.346 e. The first-order chi connectivity index (χ1) is 25.7. The molecule has 15 heteroatoms. The smallest absolute Gasteiger partial charge is 0.315 e. The molecule has 306 valence electrons. The van der Waals surface area contributed by atoms with Gasteiger partial charge in [-0.15, -0.1) is 17.9 Å². The first-order valence-electron chi connectivity index (χ1n) is 19.8. The maximum atomic E-state index is 15.0. The zero-order valence-corrected chi connectivity index (χ0v) is 35.2. The monoisotopic (exact) mass is 802 g/mol. The summed E-state index contributed by atoms with van der Waals surface area (Å²) in [5.74, 6) is -2.17. The third kappa shape index (κ3) is 9.30. The summed E-state index contributed by atoms with van der Waals surface area (Å²) in [5.41, 5.74) is -1.36. The Balaban J connectivity index is 1.38. The van der Waals surface area contributed by atoms with E-state index >= 15 is 0 Å². The Morgan fingerprint density at radius 2 is 1.71 bits per heavy atom. The molecule has 1 aromatic heterocycles. The summed E-state index contributed by atoms with van der Waals surface area (Å²) in [4.78, 5) is 71.2. The highest BCUT2D eigenvalue weighted by Gasteiger charge is 2.70. The molecule has 13 nitrogen and oxygen atoms in total. The number of carbonyl (C=O) groups excluding carboxylic acids is 5. The van der Waals surface area contributed by atoms with Gasteiger partial charge >= 0.3 is 6.03 Å². The van der Waals surface area contributed by atoms with Gasteiger partial charge in [-0.25, -0.2) is 13.2 Å². The minimum absolute atomic E-state index is 0.00615. The Bertz CT molecular complexity index is 1710. The predicted molar refractivity (Wildman–Crippen MR) is 212 cm³/mol. The molecule has 1 aliphatic heterocycles. The van der Waals surface area contributed by atoms with Crippen molar-refractivity contribution >= 4 is 50.9 Å². The van der Waals surface area contributed by atoms with Crippen molar-refractivity contribution in [2.45, 2.75) is 128 Å². The number of fused-ring (bicyclic) bond motifs is 1. The predicted octanol–water partition coefficient (Wildman–Crippen LogP) is 4.45. The lowest BCUT2D eigenvalue weighted by atomic mass is 9.70. The summed E-state index contributed by atoms with van der Waals surface area (Å²) in [6, 6.07) is -0.838. The number of hydrogen-bond acceptors (Lipinski definition) is 8.